The number of rotatable bonds is 0. The topological polar surface area (TPSA) is 49.4 Å². The van der Waals surface area contributed by atoms with Crippen LogP contribution < -0.4 is 5.32 Å². The lowest BCUT2D eigenvalue weighted by molar-refractivity contribution is -0.119. The second-order valence-electron chi connectivity index (χ2n) is 3.81. The maximum absolute atomic E-state index is 12.1. The molecule has 1 N–H and O–H groups in total. The van der Waals surface area contributed by atoms with Crippen LogP contribution >= 0.6 is 11.3 Å². The van der Waals surface area contributed by atoms with Gasteiger partial charge >= 0.3 is 0 Å². The fourth-order valence-corrected chi connectivity index (χ4v) is 3.01. The third kappa shape index (κ3) is 1.19. The molecule has 1 aromatic heterocycles. The number of fused-ring (bicyclic) bond motifs is 2. The summed E-state index contributed by atoms with van der Waals surface area (Å²) in [5, 5.41) is 4.65. The van der Waals surface area contributed by atoms with E-state index < -0.39 is 0 Å². The highest BCUT2D eigenvalue weighted by Gasteiger charge is 2.38. The molecule has 1 aromatic rings. The molecule has 2 aliphatic heterocycles. The van der Waals surface area contributed by atoms with Gasteiger partial charge in [-0.1, -0.05) is 0 Å². The normalized spacial score (nSPS) is 24.5. The van der Waals surface area contributed by atoms with E-state index in [1.54, 1.807) is 11.0 Å². The molecule has 5 heteroatoms. The highest BCUT2D eigenvalue weighted by molar-refractivity contribution is 7.12. The highest BCUT2D eigenvalue weighted by atomic mass is 32.1. The zero-order valence-electron chi connectivity index (χ0n) is 8.03. The lowest BCUT2D eigenvalue weighted by atomic mass is 10.2. The highest BCUT2D eigenvalue weighted by Crippen LogP contribution is 2.31. The van der Waals surface area contributed by atoms with Crippen LogP contribution in [0.3, 0.4) is 0 Å². The van der Waals surface area contributed by atoms with Crippen molar-refractivity contribution in [3.05, 3.63) is 16.3 Å². The molecule has 2 aliphatic rings. The fourth-order valence-electron chi connectivity index (χ4n) is 2.20. The molecule has 0 spiro atoms. The van der Waals surface area contributed by atoms with Gasteiger partial charge < -0.3 is 10.2 Å². The van der Waals surface area contributed by atoms with E-state index in [2.05, 4.69) is 5.32 Å². The Labute approximate surface area is 90.9 Å². The molecule has 0 bridgehead atoms. The SMILES string of the molecule is O=C1Nc2ccsc2C(=O)N2CCC[C@@H]12. The Morgan fingerprint density at radius 2 is 2.33 bits per heavy atom. The van der Waals surface area contributed by atoms with Crippen LogP contribution in [0.2, 0.25) is 0 Å². The molecular weight excluding hydrogens is 212 g/mol. The van der Waals surface area contributed by atoms with Crippen molar-refractivity contribution in [2.24, 2.45) is 0 Å². The van der Waals surface area contributed by atoms with Gasteiger partial charge in [0.25, 0.3) is 5.91 Å². The van der Waals surface area contributed by atoms with E-state index in [1.165, 1.54) is 11.3 Å². The number of anilines is 1. The zero-order chi connectivity index (χ0) is 10.4. The molecule has 3 heterocycles. The van der Waals surface area contributed by atoms with Crippen LogP contribution in [0.25, 0.3) is 0 Å². The van der Waals surface area contributed by atoms with Crippen LogP contribution in [-0.4, -0.2) is 29.3 Å². The molecule has 2 amide bonds. The van der Waals surface area contributed by atoms with Gasteiger partial charge in [-0.05, 0) is 24.3 Å². The zero-order valence-corrected chi connectivity index (χ0v) is 8.84. The Kier molecular flexibility index (Phi) is 1.82. The minimum atomic E-state index is -0.253. The molecule has 15 heavy (non-hydrogen) atoms. The Hall–Kier alpha value is -1.36. The summed E-state index contributed by atoms with van der Waals surface area (Å²) in [5.41, 5.74) is 0.671. The number of thiophene rings is 1. The molecule has 1 atom stereocenters. The van der Waals surface area contributed by atoms with E-state index in [9.17, 15) is 9.59 Å². The molecular formula is C10H10N2O2S. The molecule has 1 fully saturated rings. The lowest BCUT2D eigenvalue weighted by Crippen LogP contribution is -2.40. The molecule has 1 saturated heterocycles. The van der Waals surface area contributed by atoms with Crippen molar-refractivity contribution in [3.63, 3.8) is 0 Å². The van der Waals surface area contributed by atoms with Crippen molar-refractivity contribution < 1.29 is 9.59 Å². The number of nitrogens with one attached hydrogen (secondary N) is 1. The van der Waals surface area contributed by atoms with E-state index in [1.807, 2.05) is 5.38 Å². The molecule has 78 valence electrons. The molecule has 0 aliphatic carbocycles. The number of hydrogen-bond acceptors (Lipinski definition) is 3. The van der Waals surface area contributed by atoms with Gasteiger partial charge in [0.15, 0.2) is 0 Å². The van der Waals surface area contributed by atoms with Crippen LogP contribution in [0.1, 0.15) is 22.5 Å². The second kappa shape index (κ2) is 3.06. The number of nitrogens with zero attached hydrogens (tertiary/aromatic N) is 1. The fraction of sp³-hybridized carbons (Fsp3) is 0.400. The predicted octanol–water partition coefficient (Wildman–Crippen LogP) is 1.30. The second-order valence-corrected chi connectivity index (χ2v) is 4.73. The van der Waals surface area contributed by atoms with E-state index in [0.717, 1.165) is 12.8 Å². The molecule has 4 nitrogen and oxygen atoms in total. The first kappa shape index (κ1) is 8.91. The number of hydrogen-bond donors (Lipinski definition) is 1. The summed E-state index contributed by atoms with van der Waals surface area (Å²) in [7, 11) is 0. The summed E-state index contributed by atoms with van der Waals surface area (Å²) < 4.78 is 0. The van der Waals surface area contributed by atoms with Crippen LogP contribution in [0.4, 0.5) is 5.69 Å². The standard InChI is InChI=1S/C10H10N2O2S/c13-9-7-2-1-4-12(7)10(14)8-6(11-9)3-5-15-8/h3,5,7H,1-2,4H2,(H,11,13)/t7-/m0/s1. The number of carbonyl (C=O) groups is 2. The molecule has 3 rings (SSSR count). The van der Waals surface area contributed by atoms with E-state index in [-0.39, 0.29) is 17.9 Å². The third-order valence-electron chi connectivity index (χ3n) is 2.93. The first-order chi connectivity index (χ1) is 7.27. The van der Waals surface area contributed by atoms with Crippen LogP contribution in [-0.2, 0) is 4.79 Å². The first-order valence-electron chi connectivity index (χ1n) is 4.97. The van der Waals surface area contributed by atoms with Gasteiger partial charge in [0.05, 0.1) is 5.69 Å². The Morgan fingerprint density at radius 1 is 1.47 bits per heavy atom. The number of carbonyl (C=O) groups excluding carboxylic acids is 2. The van der Waals surface area contributed by atoms with Gasteiger partial charge in [0.1, 0.15) is 10.9 Å². The van der Waals surface area contributed by atoms with Crippen molar-refractivity contribution in [2.45, 2.75) is 18.9 Å². The first-order valence-corrected chi connectivity index (χ1v) is 5.84. The van der Waals surface area contributed by atoms with Gasteiger partial charge in [0, 0.05) is 6.54 Å². The average Bonchev–Trinajstić information content (AvgIpc) is 2.82. The van der Waals surface area contributed by atoms with Crippen LogP contribution in [0, 0.1) is 0 Å². The molecule has 0 unspecified atom stereocenters. The van der Waals surface area contributed by atoms with Crippen molar-refractivity contribution in [3.8, 4) is 0 Å². The molecule has 0 aromatic carbocycles. The minimum Gasteiger partial charge on any atom is -0.326 e. The minimum absolute atomic E-state index is 0.000787. The monoisotopic (exact) mass is 222 g/mol. The smallest absolute Gasteiger partial charge is 0.266 e. The van der Waals surface area contributed by atoms with Crippen molar-refractivity contribution in [2.75, 3.05) is 11.9 Å². The number of amides is 2. The van der Waals surface area contributed by atoms with Crippen LogP contribution in [0.5, 0.6) is 0 Å². The average molecular weight is 222 g/mol. The largest absolute Gasteiger partial charge is 0.326 e. The van der Waals surface area contributed by atoms with Gasteiger partial charge in [-0.2, -0.15) is 0 Å². The van der Waals surface area contributed by atoms with Crippen molar-refractivity contribution >= 4 is 28.8 Å². The summed E-state index contributed by atoms with van der Waals surface area (Å²) in [4.78, 5) is 26.2. The van der Waals surface area contributed by atoms with Gasteiger partial charge in [-0.15, -0.1) is 11.3 Å². The lowest BCUT2D eigenvalue weighted by Gasteiger charge is -2.19. The molecule has 0 saturated carbocycles. The summed E-state index contributed by atoms with van der Waals surface area (Å²) in [6.07, 6.45) is 1.71. The maximum atomic E-state index is 12.1. The van der Waals surface area contributed by atoms with E-state index >= 15 is 0 Å². The Morgan fingerprint density at radius 3 is 3.20 bits per heavy atom. The predicted molar refractivity (Wildman–Crippen MR) is 57.0 cm³/mol. The molecule has 0 radical (unpaired) electrons. The van der Waals surface area contributed by atoms with E-state index in [0.29, 0.717) is 17.1 Å². The third-order valence-corrected chi connectivity index (χ3v) is 3.84. The van der Waals surface area contributed by atoms with Crippen molar-refractivity contribution in [1.29, 1.82) is 0 Å². The van der Waals surface area contributed by atoms with Crippen LogP contribution in [0.15, 0.2) is 11.4 Å². The summed E-state index contributed by atoms with van der Waals surface area (Å²) in [6, 6.07) is 1.54. The summed E-state index contributed by atoms with van der Waals surface area (Å²) in [5.74, 6) is -0.0427. The summed E-state index contributed by atoms with van der Waals surface area (Å²) in [6.45, 7) is 0.703. The summed E-state index contributed by atoms with van der Waals surface area (Å²) >= 11 is 1.39. The Balaban J connectivity index is 2.09. The van der Waals surface area contributed by atoms with Gasteiger partial charge in [0.2, 0.25) is 5.91 Å². The van der Waals surface area contributed by atoms with E-state index in [4.69, 9.17) is 0 Å². The van der Waals surface area contributed by atoms with Crippen molar-refractivity contribution in [1.82, 2.24) is 4.90 Å². The van der Waals surface area contributed by atoms with Gasteiger partial charge in [-0.3, -0.25) is 9.59 Å². The Bertz CT molecular complexity index is 440. The maximum Gasteiger partial charge on any atom is 0.266 e. The quantitative estimate of drug-likeness (QED) is 0.719. The van der Waals surface area contributed by atoms with Gasteiger partial charge in [-0.25, -0.2) is 0 Å².